The molecule has 4 nitrogen and oxygen atoms in total. The van der Waals surface area contributed by atoms with Crippen molar-refractivity contribution in [2.45, 2.75) is 25.5 Å². The Kier molecular flexibility index (Phi) is 4.33. The normalized spacial score (nSPS) is 20.5. The summed E-state index contributed by atoms with van der Waals surface area (Å²) < 4.78 is 0.917. The van der Waals surface area contributed by atoms with E-state index in [1.807, 2.05) is 37.3 Å². The zero-order chi connectivity index (χ0) is 16.4. The van der Waals surface area contributed by atoms with Crippen LogP contribution in [0.1, 0.15) is 35.7 Å². The third-order valence-electron chi connectivity index (χ3n) is 3.97. The number of hydrogen-bond donors (Lipinski definition) is 1. The van der Waals surface area contributed by atoms with E-state index in [9.17, 15) is 9.90 Å². The molecule has 1 aliphatic heterocycles. The number of hydrogen-bond acceptors (Lipinski definition) is 3. The molecule has 0 fully saturated rings. The van der Waals surface area contributed by atoms with Crippen LogP contribution in [0.5, 0.6) is 0 Å². The van der Waals surface area contributed by atoms with Gasteiger partial charge >= 0.3 is 0 Å². The van der Waals surface area contributed by atoms with Crippen molar-refractivity contribution < 1.29 is 9.90 Å². The Hall–Kier alpha value is -1.98. The molecule has 1 N–H and O–H groups in total. The number of rotatable bonds is 3. The van der Waals surface area contributed by atoms with E-state index in [0.29, 0.717) is 24.0 Å². The smallest absolute Gasteiger partial charge is 0.276 e. The minimum absolute atomic E-state index is 0.306. The number of carbonyl (C=O) groups excluding carboxylic acids is 1. The van der Waals surface area contributed by atoms with Crippen LogP contribution in [0, 0.1) is 0 Å². The maximum atomic E-state index is 12.8. The van der Waals surface area contributed by atoms with E-state index in [2.05, 4.69) is 21.0 Å². The largest absolute Gasteiger partial charge is 0.365 e. The topological polar surface area (TPSA) is 52.9 Å². The third-order valence-corrected chi connectivity index (χ3v) is 4.50. The zero-order valence-electron chi connectivity index (χ0n) is 12.7. The number of benzene rings is 2. The lowest BCUT2D eigenvalue weighted by Crippen LogP contribution is -2.43. The molecular weight excluding hydrogens is 356 g/mol. The Balaban J connectivity index is 2.02. The summed E-state index contributed by atoms with van der Waals surface area (Å²) in [5.41, 5.74) is 0.514. The second kappa shape index (κ2) is 6.26. The Bertz CT molecular complexity index is 743. The fraction of sp³-hybridized carbons (Fsp3) is 0.222. The van der Waals surface area contributed by atoms with Gasteiger partial charge in [0.05, 0.1) is 0 Å². The van der Waals surface area contributed by atoms with Crippen LogP contribution in [0.15, 0.2) is 64.2 Å². The van der Waals surface area contributed by atoms with Gasteiger partial charge in [0.1, 0.15) is 0 Å². The van der Waals surface area contributed by atoms with Crippen LogP contribution in [-0.4, -0.2) is 21.7 Å². The molecule has 1 atom stereocenters. The molecule has 1 heterocycles. The maximum Gasteiger partial charge on any atom is 0.276 e. The molecule has 2 aromatic carbocycles. The molecule has 5 heteroatoms. The summed E-state index contributed by atoms with van der Waals surface area (Å²) in [7, 11) is 0. The van der Waals surface area contributed by atoms with E-state index in [-0.39, 0.29) is 5.91 Å². The summed E-state index contributed by atoms with van der Waals surface area (Å²) >= 11 is 3.39. The average molecular weight is 373 g/mol. The number of amides is 1. The highest BCUT2D eigenvalue weighted by Crippen LogP contribution is 2.37. The van der Waals surface area contributed by atoms with Crippen LogP contribution >= 0.6 is 15.9 Å². The van der Waals surface area contributed by atoms with Crippen LogP contribution in [0.2, 0.25) is 0 Å². The molecule has 1 unspecified atom stereocenters. The first-order chi connectivity index (χ1) is 11.0. The third kappa shape index (κ3) is 2.94. The van der Waals surface area contributed by atoms with Crippen molar-refractivity contribution in [2.75, 3.05) is 0 Å². The van der Waals surface area contributed by atoms with Crippen LogP contribution < -0.4 is 0 Å². The predicted molar refractivity (Wildman–Crippen MR) is 93.0 cm³/mol. The minimum Gasteiger partial charge on any atom is -0.365 e. The molecule has 118 valence electrons. The first kappa shape index (κ1) is 15.9. The van der Waals surface area contributed by atoms with Crippen LogP contribution in [0.3, 0.4) is 0 Å². The Labute approximate surface area is 143 Å². The molecule has 0 aromatic heterocycles. The van der Waals surface area contributed by atoms with Crippen molar-refractivity contribution in [3.8, 4) is 0 Å². The first-order valence-electron chi connectivity index (χ1n) is 7.49. The summed E-state index contributed by atoms with van der Waals surface area (Å²) in [6, 6.07) is 16.2. The molecule has 0 saturated carbocycles. The van der Waals surface area contributed by atoms with Gasteiger partial charge in [-0.3, -0.25) is 4.79 Å². The predicted octanol–water partition coefficient (Wildman–Crippen LogP) is 3.91. The molecule has 1 amide bonds. The average Bonchev–Trinajstić information content (AvgIpc) is 2.93. The van der Waals surface area contributed by atoms with E-state index in [0.717, 1.165) is 10.2 Å². The Morgan fingerprint density at radius 3 is 2.48 bits per heavy atom. The summed E-state index contributed by atoms with van der Waals surface area (Å²) in [6.45, 7) is 1.97. The molecule has 0 bridgehead atoms. The molecule has 1 aliphatic rings. The van der Waals surface area contributed by atoms with Crippen molar-refractivity contribution in [2.24, 2.45) is 5.10 Å². The van der Waals surface area contributed by atoms with Gasteiger partial charge in [0, 0.05) is 27.7 Å². The Morgan fingerprint density at radius 2 is 1.87 bits per heavy atom. The highest BCUT2D eigenvalue weighted by Gasteiger charge is 2.45. The van der Waals surface area contributed by atoms with Gasteiger partial charge < -0.3 is 5.11 Å². The van der Waals surface area contributed by atoms with Crippen molar-refractivity contribution in [3.05, 3.63) is 70.2 Å². The number of halogens is 1. The van der Waals surface area contributed by atoms with Crippen molar-refractivity contribution in [1.82, 2.24) is 5.01 Å². The first-order valence-corrected chi connectivity index (χ1v) is 8.28. The fourth-order valence-corrected chi connectivity index (χ4v) is 2.94. The lowest BCUT2D eigenvalue weighted by atomic mass is 9.96. The maximum absolute atomic E-state index is 12.8. The van der Waals surface area contributed by atoms with E-state index in [1.54, 1.807) is 24.3 Å². The number of nitrogens with zero attached hydrogens (tertiary/aromatic N) is 2. The standard InChI is InChI=1S/C18H17BrN2O2/c1-2-16-12-18(23,14-8-10-15(19)11-9-14)21(20-16)17(22)13-6-4-3-5-7-13/h3-11,23H,2,12H2,1H3. The summed E-state index contributed by atoms with van der Waals surface area (Å²) in [4.78, 5) is 12.8. The summed E-state index contributed by atoms with van der Waals surface area (Å²) in [6.07, 6.45) is 1.01. The number of hydrazone groups is 1. The van der Waals surface area contributed by atoms with E-state index < -0.39 is 5.72 Å². The van der Waals surface area contributed by atoms with Crippen LogP contribution in [0.4, 0.5) is 0 Å². The highest BCUT2D eigenvalue weighted by atomic mass is 79.9. The quantitative estimate of drug-likeness (QED) is 0.887. The molecular formula is C18H17BrN2O2. The molecule has 3 rings (SSSR count). The van der Waals surface area contributed by atoms with Gasteiger partial charge in [-0.1, -0.05) is 53.2 Å². The number of carbonyl (C=O) groups is 1. The van der Waals surface area contributed by atoms with Crippen molar-refractivity contribution in [3.63, 3.8) is 0 Å². The monoisotopic (exact) mass is 372 g/mol. The van der Waals surface area contributed by atoms with Gasteiger partial charge in [0.25, 0.3) is 5.91 Å². The molecule has 0 spiro atoms. The zero-order valence-corrected chi connectivity index (χ0v) is 14.3. The highest BCUT2D eigenvalue weighted by molar-refractivity contribution is 9.10. The Morgan fingerprint density at radius 1 is 1.22 bits per heavy atom. The van der Waals surface area contributed by atoms with Crippen LogP contribution in [-0.2, 0) is 5.72 Å². The van der Waals surface area contributed by atoms with Gasteiger partial charge in [0.15, 0.2) is 5.72 Å². The summed E-state index contributed by atoms with van der Waals surface area (Å²) in [5, 5.41) is 16.8. The fourth-order valence-electron chi connectivity index (χ4n) is 2.67. The van der Waals surface area contributed by atoms with Crippen LogP contribution in [0.25, 0.3) is 0 Å². The molecule has 0 aliphatic carbocycles. The van der Waals surface area contributed by atoms with E-state index in [1.165, 1.54) is 5.01 Å². The van der Waals surface area contributed by atoms with Gasteiger partial charge in [0.2, 0.25) is 0 Å². The number of aliphatic hydroxyl groups is 1. The lowest BCUT2D eigenvalue weighted by molar-refractivity contribution is -0.0765. The van der Waals surface area contributed by atoms with E-state index >= 15 is 0 Å². The van der Waals surface area contributed by atoms with Crippen molar-refractivity contribution in [1.29, 1.82) is 0 Å². The minimum atomic E-state index is -1.45. The van der Waals surface area contributed by atoms with Gasteiger partial charge in [-0.25, -0.2) is 0 Å². The van der Waals surface area contributed by atoms with Gasteiger partial charge in [-0.05, 0) is 30.7 Å². The second-order valence-electron chi connectivity index (χ2n) is 5.50. The summed E-state index contributed by atoms with van der Waals surface area (Å²) in [5.74, 6) is -0.306. The molecule has 0 radical (unpaired) electrons. The van der Waals surface area contributed by atoms with Gasteiger partial charge in [-0.2, -0.15) is 10.1 Å². The molecule has 0 saturated heterocycles. The molecule has 2 aromatic rings. The lowest BCUT2D eigenvalue weighted by Gasteiger charge is -2.31. The SMILES string of the molecule is CCC1=NN(C(=O)c2ccccc2)C(O)(c2ccc(Br)cc2)C1. The van der Waals surface area contributed by atoms with Gasteiger partial charge in [-0.15, -0.1) is 0 Å². The molecule has 23 heavy (non-hydrogen) atoms. The second-order valence-corrected chi connectivity index (χ2v) is 6.42. The van der Waals surface area contributed by atoms with E-state index in [4.69, 9.17) is 0 Å². The van der Waals surface area contributed by atoms with Crippen molar-refractivity contribution >= 4 is 27.5 Å².